The van der Waals surface area contributed by atoms with Crippen LogP contribution in [-0.4, -0.2) is 58.6 Å². The van der Waals surface area contributed by atoms with Crippen molar-refractivity contribution >= 4 is 27.2 Å². The van der Waals surface area contributed by atoms with Crippen LogP contribution in [0.25, 0.3) is 5.57 Å². The third-order valence-corrected chi connectivity index (χ3v) is 6.52. The molecule has 11 nitrogen and oxygen atoms in total. The minimum Gasteiger partial charge on any atom is -0.434 e. The summed E-state index contributed by atoms with van der Waals surface area (Å²) >= 11 is 0. The second-order valence-corrected chi connectivity index (χ2v) is 9.22. The molecule has 1 aromatic heterocycles. The van der Waals surface area contributed by atoms with Gasteiger partial charge in [0.25, 0.3) is 0 Å². The topological polar surface area (TPSA) is 138 Å². The molecular formula is C17H15F2N5O6S. The van der Waals surface area contributed by atoms with Gasteiger partial charge in [0.15, 0.2) is 9.84 Å². The molecule has 2 aromatic rings. The lowest BCUT2D eigenvalue weighted by molar-refractivity contribution is -0.560. The summed E-state index contributed by atoms with van der Waals surface area (Å²) < 4.78 is 58.5. The standard InChI is InChI=1S/C17H15F2N5O6S/c18-12-7-11(8-13(19)15(12)10-1-5-31(28,29)6-2-10)22-9-14(30-17(22)25)16(24(26)27)23-4-3-20-21-23/h1,3-4,7-8,14,16H,2,5-6,9H2. The second kappa shape index (κ2) is 7.68. The third-order valence-electron chi connectivity index (χ3n) is 5.02. The number of allylic oxidation sites excluding steroid dienone is 1. The lowest BCUT2D eigenvalue weighted by Crippen LogP contribution is -2.34. The number of hydrogen-bond acceptors (Lipinski definition) is 8. The van der Waals surface area contributed by atoms with Crippen LogP contribution in [0.3, 0.4) is 0 Å². The van der Waals surface area contributed by atoms with Crippen molar-refractivity contribution in [3.63, 3.8) is 0 Å². The molecule has 0 radical (unpaired) electrons. The van der Waals surface area contributed by atoms with E-state index in [0.717, 1.165) is 21.7 Å². The molecule has 2 unspecified atom stereocenters. The number of nitrogens with zero attached hydrogens (tertiary/aromatic N) is 5. The Labute approximate surface area is 174 Å². The zero-order valence-corrected chi connectivity index (χ0v) is 16.5. The highest BCUT2D eigenvalue weighted by Gasteiger charge is 2.45. The highest BCUT2D eigenvalue weighted by atomic mass is 32.2. The lowest BCUT2D eigenvalue weighted by atomic mass is 10.0. The Morgan fingerprint density at radius 2 is 2.00 bits per heavy atom. The number of cyclic esters (lactones) is 1. The molecule has 1 fully saturated rings. The van der Waals surface area contributed by atoms with Gasteiger partial charge in [-0.2, -0.15) is 4.68 Å². The van der Waals surface area contributed by atoms with Crippen LogP contribution in [0.2, 0.25) is 0 Å². The van der Waals surface area contributed by atoms with Crippen LogP contribution in [0.5, 0.6) is 0 Å². The van der Waals surface area contributed by atoms with Gasteiger partial charge in [0.2, 0.25) is 6.10 Å². The highest BCUT2D eigenvalue weighted by molar-refractivity contribution is 7.91. The Kier molecular flexibility index (Phi) is 5.16. The zero-order valence-electron chi connectivity index (χ0n) is 15.7. The van der Waals surface area contributed by atoms with Crippen LogP contribution in [-0.2, 0) is 14.6 Å². The van der Waals surface area contributed by atoms with E-state index in [1.54, 1.807) is 0 Å². The van der Waals surface area contributed by atoms with Crippen LogP contribution in [0.15, 0.2) is 30.6 Å². The SMILES string of the molecule is O=C1OC(C(n2ccnn2)[N+](=O)[O-])CN1c1cc(F)c(C2=CCS(=O)(=O)CC2)c(F)c1. The fourth-order valence-corrected chi connectivity index (χ4v) is 4.69. The van der Waals surface area contributed by atoms with E-state index in [1.807, 2.05) is 0 Å². The first-order chi connectivity index (χ1) is 14.7. The number of rotatable bonds is 5. The van der Waals surface area contributed by atoms with Crippen LogP contribution in [0.4, 0.5) is 19.3 Å². The summed E-state index contributed by atoms with van der Waals surface area (Å²) in [4.78, 5) is 23.9. The van der Waals surface area contributed by atoms with E-state index >= 15 is 0 Å². The van der Waals surface area contributed by atoms with E-state index < -0.39 is 44.8 Å². The first kappa shape index (κ1) is 20.8. The maximum absolute atomic E-state index is 14.7. The van der Waals surface area contributed by atoms with E-state index in [4.69, 9.17) is 4.74 Å². The Balaban J connectivity index is 1.61. The average Bonchev–Trinajstić information content (AvgIpc) is 3.32. The molecule has 0 N–H and O–H groups in total. The van der Waals surface area contributed by atoms with Crippen molar-refractivity contribution in [3.8, 4) is 0 Å². The van der Waals surface area contributed by atoms with Gasteiger partial charge in [0.05, 0.1) is 41.1 Å². The Morgan fingerprint density at radius 3 is 2.55 bits per heavy atom. The molecule has 0 spiro atoms. The molecule has 1 saturated heterocycles. The number of carbonyl (C=O) groups is 1. The van der Waals surface area contributed by atoms with Crippen molar-refractivity contribution in [2.45, 2.75) is 18.7 Å². The maximum atomic E-state index is 14.7. The molecule has 31 heavy (non-hydrogen) atoms. The fourth-order valence-electron chi connectivity index (χ4n) is 3.54. The first-order valence-corrected chi connectivity index (χ1v) is 10.8. The second-order valence-electron chi connectivity index (χ2n) is 6.99. The summed E-state index contributed by atoms with van der Waals surface area (Å²) in [6, 6.07) is 1.81. The summed E-state index contributed by atoms with van der Waals surface area (Å²) in [5.41, 5.74) is -0.331. The van der Waals surface area contributed by atoms with Crippen molar-refractivity contribution in [2.24, 2.45) is 0 Å². The minimum atomic E-state index is -3.28. The number of ether oxygens (including phenoxy) is 1. The van der Waals surface area contributed by atoms with Gasteiger partial charge in [0, 0.05) is 5.56 Å². The molecule has 1 amide bonds. The molecule has 2 aliphatic rings. The first-order valence-electron chi connectivity index (χ1n) is 9.02. The highest BCUT2D eigenvalue weighted by Crippen LogP contribution is 2.33. The van der Waals surface area contributed by atoms with Gasteiger partial charge in [-0.15, -0.1) is 5.10 Å². The lowest BCUT2D eigenvalue weighted by Gasteiger charge is -2.18. The summed E-state index contributed by atoms with van der Waals surface area (Å²) in [6.45, 7) is -0.344. The average molecular weight is 455 g/mol. The van der Waals surface area contributed by atoms with Crippen LogP contribution in [0.1, 0.15) is 18.2 Å². The number of halogens is 2. The van der Waals surface area contributed by atoms with Gasteiger partial charge in [0.1, 0.15) is 11.6 Å². The van der Waals surface area contributed by atoms with Crippen molar-refractivity contribution in [2.75, 3.05) is 23.0 Å². The molecule has 164 valence electrons. The van der Waals surface area contributed by atoms with E-state index in [0.29, 0.717) is 0 Å². The van der Waals surface area contributed by atoms with Crippen LogP contribution >= 0.6 is 0 Å². The molecule has 0 aliphatic carbocycles. The quantitative estimate of drug-likeness (QED) is 0.489. The molecule has 2 atom stereocenters. The van der Waals surface area contributed by atoms with Crippen molar-refractivity contribution < 1.29 is 31.7 Å². The molecule has 0 bridgehead atoms. The largest absolute Gasteiger partial charge is 0.434 e. The van der Waals surface area contributed by atoms with Gasteiger partial charge in [-0.3, -0.25) is 15.0 Å². The van der Waals surface area contributed by atoms with Gasteiger partial charge in [-0.25, -0.2) is 22.0 Å². The predicted octanol–water partition coefficient (Wildman–Crippen LogP) is 1.56. The Hall–Kier alpha value is -3.42. The molecule has 2 aliphatic heterocycles. The monoisotopic (exact) mass is 455 g/mol. The predicted molar refractivity (Wildman–Crippen MR) is 101 cm³/mol. The van der Waals surface area contributed by atoms with E-state index in [-0.39, 0.29) is 41.3 Å². The van der Waals surface area contributed by atoms with E-state index in [1.165, 1.54) is 18.5 Å². The Bertz CT molecular complexity index is 1160. The smallest absolute Gasteiger partial charge is 0.415 e. The normalized spacial score (nSPS) is 21.5. The number of amides is 1. The number of anilines is 1. The molecule has 4 rings (SSSR count). The molecule has 0 saturated carbocycles. The van der Waals surface area contributed by atoms with Gasteiger partial charge < -0.3 is 4.74 Å². The van der Waals surface area contributed by atoms with Crippen molar-refractivity contribution in [1.82, 2.24) is 15.0 Å². The van der Waals surface area contributed by atoms with Crippen LogP contribution < -0.4 is 4.90 Å². The zero-order chi connectivity index (χ0) is 22.3. The molecule has 14 heteroatoms. The van der Waals surface area contributed by atoms with Gasteiger partial charge in [-0.05, 0) is 24.1 Å². The maximum Gasteiger partial charge on any atom is 0.415 e. The summed E-state index contributed by atoms with van der Waals surface area (Å²) in [5.74, 6) is -2.50. The van der Waals surface area contributed by atoms with Crippen LogP contribution in [0, 0.1) is 21.7 Å². The summed E-state index contributed by atoms with van der Waals surface area (Å²) in [6.07, 6.45) is -0.172. The molecule has 1 aromatic carbocycles. The number of sulfone groups is 1. The Morgan fingerprint density at radius 1 is 1.29 bits per heavy atom. The third kappa shape index (κ3) is 3.97. The summed E-state index contributed by atoms with van der Waals surface area (Å²) in [5, 5.41) is 18.5. The van der Waals surface area contributed by atoms with Gasteiger partial charge in [-0.1, -0.05) is 11.3 Å². The number of nitro groups is 1. The van der Waals surface area contributed by atoms with E-state index in [9.17, 15) is 32.1 Å². The van der Waals surface area contributed by atoms with E-state index in [2.05, 4.69) is 10.3 Å². The number of aromatic nitrogens is 3. The van der Waals surface area contributed by atoms with Crippen molar-refractivity contribution in [1.29, 1.82) is 0 Å². The van der Waals surface area contributed by atoms with Crippen molar-refractivity contribution in [3.05, 3.63) is 57.9 Å². The number of hydrogen-bond donors (Lipinski definition) is 0. The molecular weight excluding hydrogens is 440 g/mol. The number of benzene rings is 1. The molecule has 3 heterocycles. The number of carbonyl (C=O) groups excluding carboxylic acids is 1. The van der Waals surface area contributed by atoms with Gasteiger partial charge >= 0.3 is 12.3 Å². The minimum absolute atomic E-state index is 0.0359. The fraction of sp³-hybridized carbons (Fsp3) is 0.353. The summed E-state index contributed by atoms with van der Waals surface area (Å²) in [7, 11) is -3.28.